The van der Waals surface area contributed by atoms with Crippen molar-refractivity contribution in [2.75, 3.05) is 13.7 Å². The number of H-pyrrole nitrogens is 1. The quantitative estimate of drug-likeness (QED) is 0.421. The summed E-state index contributed by atoms with van der Waals surface area (Å²) in [5.41, 5.74) is 7.40. The van der Waals surface area contributed by atoms with Crippen LogP contribution in [0.15, 0.2) is 72.8 Å². The van der Waals surface area contributed by atoms with Gasteiger partial charge >= 0.3 is 0 Å². The zero-order chi connectivity index (χ0) is 24.0. The summed E-state index contributed by atoms with van der Waals surface area (Å²) in [5.74, 6) is 1.33. The van der Waals surface area contributed by atoms with E-state index >= 15 is 0 Å². The predicted octanol–water partition coefficient (Wildman–Crippen LogP) is 5.31. The molecule has 178 valence electrons. The number of benzene rings is 3. The highest BCUT2D eigenvalue weighted by atomic mass is 16.5. The van der Waals surface area contributed by atoms with Crippen LogP contribution in [0, 0.1) is 12.8 Å². The number of aromatic amines is 1. The van der Waals surface area contributed by atoms with Gasteiger partial charge in [0.05, 0.1) is 13.2 Å². The molecule has 1 fully saturated rings. The summed E-state index contributed by atoms with van der Waals surface area (Å²) in [6, 6.07) is 25.1. The molecule has 4 nitrogen and oxygen atoms in total. The lowest BCUT2D eigenvalue weighted by Crippen LogP contribution is -2.60. The highest BCUT2D eigenvalue weighted by Crippen LogP contribution is 2.50. The van der Waals surface area contributed by atoms with Gasteiger partial charge in [-0.15, -0.1) is 0 Å². The molecular weight excluding hydrogens is 432 g/mol. The van der Waals surface area contributed by atoms with Crippen LogP contribution in [0.1, 0.15) is 34.4 Å². The normalized spacial score (nSPS) is 23.5. The van der Waals surface area contributed by atoms with Gasteiger partial charge in [0.2, 0.25) is 0 Å². The van der Waals surface area contributed by atoms with Crippen molar-refractivity contribution in [1.29, 1.82) is 0 Å². The van der Waals surface area contributed by atoms with Gasteiger partial charge < -0.3 is 15.0 Å². The molecule has 2 aliphatic rings. The number of hydrogen-bond acceptors (Lipinski definition) is 3. The molecule has 1 saturated heterocycles. The second-order valence-corrected chi connectivity index (χ2v) is 10.3. The Morgan fingerprint density at radius 1 is 1.06 bits per heavy atom. The molecule has 0 saturated carbocycles. The van der Waals surface area contributed by atoms with E-state index in [4.69, 9.17) is 4.74 Å². The van der Waals surface area contributed by atoms with Crippen LogP contribution >= 0.6 is 0 Å². The van der Waals surface area contributed by atoms with Crippen molar-refractivity contribution in [2.24, 2.45) is 5.92 Å². The van der Waals surface area contributed by atoms with Crippen molar-refractivity contribution in [3.63, 3.8) is 0 Å². The van der Waals surface area contributed by atoms with Crippen molar-refractivity contribution in [3.05, 3.63) is 101 Å². The Hall–Kier alpha value is -3.37. The largest absolute Gasteiger partial charge is 0.497 e. The first-order chi connectivity index (χ1) is 17.1. The van der Waals surface area contributed by atoms with Crippen LogP contribution in [-0.4, -0.2) is 30.5 Å². The highest BCUT2D eigenvalue weighted by Gasteiger charge is 2.51. The molecule has 1 aliphatic carbocycles. The number of Topliss-reactive ketones (excluding diaryl/α,β-unsaturated/α-hetero) is 1. The minimum Gasteiger partial charge on any atom is -0.497 e. The van der Waals surface area contributed by atoms with E-state index in [1.807, 2.05) is 24.3 Å². The molecule has 0 spiro atoms. The zero-order valence-electron chi connectivity index (χ0n) is 20.4. The second-order valence-electron chi connectivity index (χ2n) is 10.3. The maximum Gasteiger partial charge on any atom is 0.154 e. The third-order valence-electron chi connectivity index (χ3n) is 8.33. The predicted molar refractivity (Wildman–Crippen MR) is 140 cm³/mol. The van der Waals surface area contributed by atoms with Crippen LogP contribution < -0.4 is 10.1 Å². The van der Waals surface area contributed by atoms with Gasteiger partial charge in [0, 0.05) is 28.4 Å². The minimum absolute atomic E-state index is 0.125. The number of aryl methyl sites for hydroxylation is 1. The number of carbonyl (C=O) groups is 1. The summed E-state index contributed by atoms with van der Waals surface area (Å²) in [7, 11) is 1.72. The van der Waals surface area contributed by atoms with Crippen molar-refractivity contribution < 1.29 is 9.53 Å². The monoisotopic (exact) mass is 464 g/mol. The Morgan fingerprint density at radius 2 is 1.91 bits per heavy atom. The van der Waals surface area contributed by atoms with E-state index in [0.29, 0.717) is 6.42 Å². The number of methoxy groups -OCH3 is 1. The average Bonchev–Trinajstić information content (AvgIpc) is 3.23. The second kappa shape index (κ2) is 8.69. The van der Waals surface area contributed by atoms with Crippen molar-refractivity contribution in [2.45, 2.75) is 44.1 Å². The first-order valence-corrected chi connectivity index (χ1v) is 12.6. The number of hydrogen-bond donors (Lipinski definition) is 2. The lowest BCUT2D eigenvalue weighted by atomic mass is 9.56. The maximum absolute atomic E-state index is 13.8. The number of ketones is 1. The van der Waals surface area contributed by atoms with Crippen LogP contribution in [-0.2, 0) is 29.5 Å². The van der Waals surface area contributed by atoms with E-state index in [0.717, 1.165) is 37.1 Å². The number of piperidine rings is 1. The first kappa shape index (κ1) is 22.1. The number of carbonyl (C=O) groups excluding carboxylic acids is 1. The topological polar surface area (TPSA) is 54.1 Å². The Kier molecular flexibility index (Phi) is 5.49. The molecule has 1 aromatic heterocycles. The molecule has 2 heterocycles. The zero-order valence-corrected chi connectivity index (χ0v) is 20.4. The Morgan fingerprint density at radius 3 is 2.74 bits per heavy atom. The minimum atomic E-state index is -0.182. The van der Waals surface area contributed by atoms with Gasteiger partial charge in [0.1, 0.15) is 5.75 Å². The van der Waals surface area contributed by atoms with Gasteiger partial charge in [-0.2, -0.15) is 0 Å². The van der Waals surface area contributed by atoms with Gasteiger partial charge in [0.25, 0.3) is 0 Å². The molecule has 0 bridgehead atoms. The van der Waals surface area contributed by atoms with E-state index in [1.165, 1.54) is 33.3 Å². The smallest absolute Gasteiger partial charge is 0.154 e. The van der Waals surface area contributed by atoms with E-state index in [1.54, 1.807) is 7.11 Å². The van der Waals surface area contributed by atoms with E-state index < -0.39 is 0 Å². The molecule has 0 amide bonds. The van der Waals surface area contributed by atoms with Crippen LogP contribution in [0.3, 0.4) is 0 Å². The number of fused-ring (bicyclic) bond motifs is 4. The van der Waals surface area contributed by atoms with E-state index in [-0.39, 0.29) is 23.2 Å². The number of aromatic nitrogens is 1. The molecule has 2 unspecified atom stereocenters. The summed E-state index contributed by atoms with van der Waals surface area (Å²) in [6.45, 7) is 2.98. The van der Waals surface area contributed by atoms with E-state index in [2.05, 4.69) is 65.8 Å². The van der Waals surface area contributed by atoms with Crippen molar-refractivity contribution in [1.82, 2.24) is 10.3 Å². The number of nitrogens with one attached hydrogen (secondary N) is 2. The molecule has 3 aromatic carbocycles. The average molecular weight is 465 g/mol. The first-order valence-electron chi connectivity index (χ1n) is 12.6. The molecule has 3 atom stereocenters. The SMILES string of the molecule is COc1cccc([C@]23CCNC(C(=O)Cc4ccccc4)C2Cc2c([nH]c4ccc(C)cc24)C3)c1. The highest BCUT2D eigenvalue weighted by molar-refractivity contribution is 5.88. The summed E-state index contributed by atoms with van der Waals surface area (Å²) in [5, 5.41) is 4.96. The van der Waals surface area contributed by atoms with E-state index in [9.17, 15) is 4.79 Å². The molecule has 35 heavy (non-hydrogen) atoms. The molecule has 6 rings (SSSR count). The lowest BCUT2D eigenvalue weighted by molar-refractivity contribution is -0.123. The fraction of sp³-hybridized carbons (Fsp3) is 0.323. The van der Waals surface area contributed by atoms with Gasteiger partial charge in [0.15, 0.2) is 5.78 Å². The third-order valence-corrected chi connectivity index (χ3v) is 8.33. The molecule has 2 N–H and O–H groups in total. The standard InChI is InChI=1S/C31H32N2O2/c1-20-11-12-27-24(15-20)25-18-26-30(29(34)16-21-7-4-3-5-8-21)32-14-13-31(26,19-28(25)33-27)22-9-6-10-23(17-22)35-2/h3-12,15,17,26,30,32-33H,13-14,16,18-19H2,1-2H3/t26?,30?,31-/m1/s1. The number of rotatable bonds is 5. The van der Waals surface area contributed by atoms with Gasteiger partial charge in [-0.1, -0.05) is 54.1 Å². The maximum atomic E-state index is 13.8. The molecule has 0 radical (unpaired) electrons. The van der Waals surface area contributed by atoms with Gasteiger partial charge in [-0.3, -0.25) is 4.79 Å². The molecule has 1 aliphatic heterocycles. The summed E-state index contributed by atoms with van der Waals surface area (Å²) in [4.78, 5) is 17.5. The molecular formula is C31H32N2O2. The van der Waals surface area contributed by atoms with Gasteiger partial charge in [-0.05, 0) is 79.6 Å². The molecule has 4 aromatic rings. The summed E-state index contributed by atoms with van der Waals surface area (Å²) < 4.78 is 5.62. The fourth-order valence-electron chi connectivity index (χ4n) is 6.61. The fourth-order valence-corrected chi connectivity index (χ4v) is 6.61. The van der Waals surface area contributed by atoms with Crippen molar-refractivity contribution in [3.8, 4) is 5.75 Å². The molecule has 4 heteroatoms. The van der Waals surface area contributed by atoms with Crippen LogP contribution in [0.4, 0.5) is 0 Å². The summed E-state index contributed by atoms with van der Waals surface area (Å²) >= 11 is 0. The van der Waals surface area contributed by atoms with Gasteiger partial charge in [-0.25, -0.2) is 0 Å². The Balaban J connectivity index is 1.47. The number of ether oxygens (including phenoxy) is 1. The summed E-state index contributed by atoms with van der Waals surface area (Å²) in [6.07, 6.45) is 3.25. The Bertz CT molecular complexity index is 1390. The van der Waals surface area contributed by atoms with Crippen LogP contribution in [0.2, 0.25) is 0 Å². The third kappa shape index (κ3) is 3.77. The lowest BCUT2D eigenvalue weighted by Gasteiger charge is -2.51. The van der Waals surface area contributed by atoms with Crippen LogP contribution in [0.5, 0.6) is 5.75 Å². The Labute approximate surface area is 206 Å². The van der Waals surface area contributed by atoms with Crippen LogP contribution in [0.25, 0.3) is 10.9 Å². The van der Waals surface area contributed by atoms with Crippen molar-refractivity contribution >= 4 is 16.7 Å².